The quantitative estimate of drug-likeness (QED) is 0.257. The van der Waals surface area contributed by atoms with Crippen LogP contribution in [0.15, 0.2) is 85.1 Å². The fourth-order valence-corrected chi connectivity index (χ4v) is 3.37. The van der Waals surface area contributed by atoms with Gasteiger partial charge < -0.3 is 10.3 Å². The van der Waals surface area contributed by atoms with Crippen LogP contribution in [0.3, 0.4) is 0 Å². The zero-order chi connectivity index (χ0) is 23.1. The lowest BCUT2D eigenvalue weighted by molar-refractivity contribution is -0.138. The van der Waals surface area contributed by atoms with Crippen LogP contribution in [0.2, 0.25) is 0 Å². The number of nitrogens with two attached hydrogens (primary N) is 1. The molecule has 0 atom stereocenters. The second kappa shape index (κ2) is 7.78. The minimum absolute atomic E-state index is 0.320. The molecule has 0 radical (unpaired) electrons. The number of hydrogen-bond acceptors (Lipinski definition) is 1. The number of anilines is 1. The van der Waals surface area contributed by atoms with Crippen molar-refractivity contribution >= 4 is 5.69 Å². The number of aromatic nitrogens is 1. The Kier molecular flexibility index (Phi) is 5.24. The molecule has 32 heavy (non-hydrogen) atoms. The molecule has 0 bridgehead atoms. The molecule has 4 rings (SSSR count). The van der Waals surface area contributed by atoms with Crippen molar-refractivity contribution in [3.8, 4) is 28.1 Å². The summed E-state index contributed by atoms with van der Waals surface area (Å²) in [6.07, 6.45) is -7.93. The highest BCUT2D eigenvalue weighted by Gasteiger charge is 2.33. The summed E-state index contributed by atoms with van der Waals surface area (Å²) in [5, 5.41) is 0. The van der Waals surface area contributed by atoms with Crippen LogP contribution >= 0.6 is 0 Å². The van der Waals surface area contributed by atoms with E-state index in [9.17, 15) is 26.3 Å². The van der Waals surface area contributed by atoms with E-state index in [4.69, 9.17) is 5.73 Å². The summed E-state index contributed by atoms with van der Waals surface area (Å²) in [6.45, 7) is 0. The maximum absolute atomic E-state index is 13.4. The lowest BCUT2D eigenvalue weighted by Crippen LogP contribution is -2.03. The van der Waals surface area contributed by atoms with Gasteiger partial charge in [-0.2, -0.15) is 26.3 Å². The van der Waals surface area contributed by atoms with E-state index in [1.165, 1.54) is 16.7 Å². The first-order valence-corrected chi connectivity index (χ1v) is 9.46. The van der Waals surface area contributed by atoms with Gasteiger partial charge in [-0.25, -0.2) is 0 Å². The second-order valence-electron chi connectivity index (χ2n) is 7.23. The highest BCUT2D eigenvalue weighted by atomic mass is 19.4. The molecule has 0 spiro atoms. The molecule has 0 aliphatic carbocycles. The van der Waals surface area contributed by atoms with Gasteiger partial charge in [0.25, 0.3) is 0 Å². The van der Waals surface area contributed by atoms with E-state index in [-0.39, 0.29) is 0 Å². The van der Waals surface area contributed by atoms with Crippen molar-refractivity contribution in [3.63, 3.8) is 0 Å². The van der Waals surface area contributed by atoms with Gasteiger partial charge in [0.2, 0.25) is 0 Å². The maximum Gasteiger partial charge on any atom is 0.417 e. The molecule has 1 heterocycles. The molecule has 4 aromatic rings. The third kappa shape index (κ3) is 4.34. The van der Waals surface area contributed by atoms with Crippen LogP contribution in [0, 0.1) is 0 Å². The van der Waals surface area contributed by atoms with Crippen molar-refractivity contribution in [2.45, 2.75) is 12.4 Å². The predicted octanol–water partition coefficient (Wildman–Crippen LogP) is 7.43. The minimum Gasteiger partial charge on any atom is -0.399 e. The summed E-state index contributed by atoms with van der Waals surface area (Å²) >= 11 is 0. The van der Waals surface area contributed by atoms with E-state index in [0.717, 1.165) is 24.4 Å². The molecule has 0 amide bonds. The van der Waals surface area contributed by atoms with Gasteiger partial charge in [0.15, 0.2) is 0 Å². The SMILES string of the molecule is Nc1ccc(-n2cc(C(F)(F)F)cc2-c2ccc(-c3ccc(C(F)(F)F)cc3)cc2)cc1. The lowest BCUT2D eigenvalue weighted by Gasteiger charge is -2.11. The number of benzene rings is 3. The standard InChI is InChI=1S/C24H16F6N2/c25-23(26,27)18-7-5-16(6-8-18)15-1-3-17(4-2-15)22-13-19(24(28,29)30)14-32(22)21-11-9-20(31)10-12-21/h1-14H,31H2. The van der Waals surface area contributed by atoms with Gasteiger partial charge in [0, 0.05) is 17.6 Å². The number of nitrogens with zero attached hydrogens (tertiary/aromatic N) is 1. The first-order valence-electron chi connectivity index (χ1n) is 9.46. The Morgan fingerprint density at radius 1 is 0.562 bits per heavy atom. The van der Waals surface area contributed by atoms with E-state index in [0.29, 0.717) is 33.8 Å². The van der Waals surface area contributed by atoms with Crippen LogP contribution in [-0.4, -0.2) is 4.57 Å². The molecule has 0 aliphatic heterocycles. The number of rotatable bonds is 3. The monoisotopic (exact) mass is 446 g/mol. The summed E-state index contributed by atoms with van der Waals surface area (Å²) in [6, 6.07) is 18.8. The Hall–Kier alpha value is -3.68. The highest BCUT2D eigenvalue weighted by Crippen LogP contribution is 2.36. The maximum atomic E-state index is 13.4. The Bertz CT molecular complexity index is 1220. The molecule has 1 aromatic heterocycles. The largest absolute Gasteiger partial charge is 0.417 e. The average molecular weight is 446 g/mol. The predicted molar refractivity (Wildman–Crippen MR) is 111 cm³/mol. The van der Waals surface area contributed by atoms with Crippen molar-refractivity contribution in [3.05, 3.63) is 96.2 Å². The zero-order valence-corrected chi connectivity index (χ0v) is 16.4. The van der Waals surface area contributed by atoms with Crippen LogP contribution in [-0.2, 0) is 12.4 Å². The summed E-state index contributed by atoms with van der Waals surface area (Å²) < 4.78 is 79.8. The average Bonchev–Trinajstić information content (AvgIpc) is 3.20. The highest BCUT2D eigenvalue weighted by molar-refractivity contribution is 5.71. The van der Waals surface area contributed by atoms with Gasteiger partial charge in [-0.05, 0) is 59.2 Å². The van der Waals surface area contributed by atoms with Crippen molar-refractivity contribution in [2.75, 3.05) is 5.73 Å². The van der Waals surface area contributed by atoms with E-state index < -0.39 is 23.5 Å². The normalized spacial score (nSPS) is 12.2. The summed E-state index contributed by atoms with van der Waals surface area (Å²) in [5.74, 6) is 0. The molecule has 0 saturated heterocycles. The molecule has 2 N–H and O–H groups in total. The Morgan fingerprint density at radius 3 is 1.53 bits per heavy atom. The van der Waals surface area contributed by atoms with Gasteiger partial charge >= 0.3 is 12.4 Å². The number of nitrogen functional groups attached to an aromatic ring is 1. The first-order chi connectivity index (χ1) is 15.0. The fraction of sp³-hybridized carbons (Fsp3) is 0.0833. The van der Waals surface area contributed by atoms with E-state index in [1.54, 1.807) is 48.5 Å². The van der Waals surface area contributed by atoms with Crippen molar-refractivity contribution in [2.24, 2.45) is 0 Å². The van der Waals surface area contributed by atoms with Crippen LogP contribution in [0.4, 0.5) is 32.0 Å². The molecule has 0 aliphatic rings. The smallest absolute Gasteiger partial charge is 0.399 e. The molecule has 0 unspecified atom stereocenters. The molecular formula is C24H16F6N2. The van der Waals surface area contributed by atoms with Crippen LogP contribution in [0.1, 0.15) is 11.1 Å². The molecule has 164 valence electrons. The lowest BCUT2D eigenvalue weighted by atomic mass is 10.0. The first kappa shape index (κ1) is 21.5. The van der Waals surface area contributed by atoms with E-state index >= 15 is 0 Å². The van der Waals surface area contributed by atoms with Crippen LogP contribution in [0.5, 0.6) is 0 Å². The second-order valence-corrected chi connectivity index (χ2v) is 7.23. The Morgan fingerprint density at radius 2 is 1.03 bits per heavy atom. The Labute approximate surface area is 179 Å². The van der Waals surface area contributed by atoms with Gasteiger partial charge in [0.05, 0.1) is 16.8 Å². The van der Waals surface area contributed by atoms with Crippen molar-refractivity contribution in [1.29, 1.82) is 0 Å². The zero-order valence-electron chi connectivity index (χ0n) is 16.4. The summed E-state index contributed by atoms with van der Waals surface area (Å²) in [7, 11) is 0. The van der Waals surface area contributed by atoms with Crippen LogP contribution in [0.25, 0.3) is 28.1 Å². The van der Waals surface area contributed by atoms with Gasteiger partial charge in [-0.15, -0.1) is 0 Å². The van der Waals surface area contributed by atoms with Crippen LogP contribution < -0.4 is 5.73 Å². The van der Waals surface area contributed by atoms with Gasteiger partial charge in [-0.3, -0.25) is 0 Å². The third-order valence-corrected chi connectivity index (χ3v) is 5.04. The third-order valence-electron chi connectivity index (χ3n) is 5.04. The molecule has 0 fully saturated rings. The molecule has 3 aromatic carbocycles. The fourth-order valence-electron chi connectivity index (χ4n) is 3.37. The summed E-state index contributed by atoms with van der Waals surface area (Å²) in [4.78, 5) is 0. The van der Waals surface area contributed by atoms with Crippen molar-refractivity contribution < 1.29 is 26.3 Å². The minimum atomic E-state index is -4.52. The number of hydrogen-bond donors (Lipinski definition) is 1. The molecule has 8 heteroatoms. The topological polar surface area (TPSA) is 30.9 Å². The molecule has 0 saturated carbocycles. The van der Waals surface area contributed by atoms with E-state index in [1.807, 2.05) is 0 Å². The summed E-state index contributed by atoms with van der Waals surface area (Å²) in [5.41, 5.74) is 7.18. The van der Waals surface area contributed by atoms with Gasteiger partial charge in [0.1, 0.15) is 0 Å². The number of alkyl halides is 6. The van der Waals surface area contributed by atoms with Crippen molar-refractivity contribution in [1.82, 2.24) is 4.57 Å². The number of halogens is 6. The molecular weight excluding hydrogens is 430 g/mol. The van der Waals surface area contributed by atoms with Gasteiger partial charge in [-0.1, -0.05) is 36.4 Å². The Balaban J connectivity index is 1.72. The molecule has 2 nitrogen and oxygen atoms in total. The van der Waals surface area contributed by atoms with E-state index in [2.05, 4.69) is 0 Å².